The number of aromatic nitrogens is 2. The molecule has 3 heterocycles. The topological polar surface area (TPSA) is 65.2 Å². The van der Waals surface area contributed by atoms with Crippen LogP contribution in [0.3, 0.4) is 0 Å². The molecular weight excluding hydrogens is 412 g/mol. The molecule has 0 radical (unpaired) electrons. The zero-order valence-corrected chi connectivity index (χ0v) is 18.4. The van der Waals surface area contributed by atoms with Crippen LogP contribution < -0.4 is 10.5 Å². The van der Waals surface area contributed by atoms with Gasteiger partial charge in [-0.05, 0) is 50.6 Å². The standard InChI is InChI=1S/C24H25F2N5O/c1-14-13-31(15(2)12-30(14)16(3)17-5-7-18(25)8-6-17)23-21(26)24(32)29(4)20-10-9-19(11-27)28-22(20)23/h5-10,14-16H,12-13H2,1-4H3/t14-,15+,16?/m1/s1/i16D. The van der Waals surface area contributed by atoms with E-state index in [1.165, 1.54) is 29.8 Å². The first-order chi connectivity index (χ1) is 15.6. The quantitative estimate of drug-likeness (QED) is 0.623. The Morgan fingerprint density at radius 3 is 2.50 bits per heavy atom. The molecule has 0 bridgehead atoms. The molecule has 1 aromatic carbocycles. The number of rotatable bonds is 3. The Bertz CT molecular complexity index is 1320. The van der Waals surface area contributed by atoms with Crippen molar-refractivity contribution in [2.24, 2.45) is 7.05 Å². The highest BCUT2D eigenvalue weighted by atomic mass is 19.1. The fourth-order valence-electron chi connectivity index (χ4n) is 4.45. The summed E-state index contributed by atoms with van der Waals surface area (Å²) in [5.74, 6) is -1.27. The Morgan fingerprint density at radius 2 is 1.84 bits per heavy atom. The van der Waals surface area contributed by atoms with E-state index in [1.54, 1.807) is 30.0 Å². The number of hydrogen-bond acceptors (Lipinski definition) is 5. The van der Waals surface area contributed by atoms with Gasteiger partial charge in [0.25, 0.3) is 5.56 Å². The summed E-state index contributed by atoms with van der Waals surface area (Å²) in [5.41, 5.74) is 0.807. The van der Waals surface area contributed by atoms with Crippen molar-refractivity contribution in [1.82, 2.24) is 14.5 Å². The molecule has 0 saturated carbocycles. The normalized spacial score (nSPS) is 21.8. The van der Waals surface area contributed by atoms with E-state index < -0.39 is 17.4 Å². The third-order valence-corrected chi connectivity index (χ3v) is 6.24. The van der Waals surface area contributed by atoms with Crippen molar-refractivity contribution < 1.29 is 10.2 Å². The lowest BCUT2D eigenvalue weighted by Crippen LogP contribution is -2.57. The number of benzene rings is 1. The summed E-state index contributed by atoms with van der Waals surface area (Å²) in [6.45, 7) is 6.34. The lowest BCUT2D eigenvalue weighted by Gasteiger charge is -2.47. The zero-order valence-electron chi connectivity index (χ0n) is 19.4. The van der Waals surface area contributed by atoms with E-state index in [-0.39, 0.29) is 34.8 Å². The highest BCUT2D eigenvalue weighted by Crippen LogP contribution is 2.33. The molecule has 8 heteroatoms. The summed E-state index contributed by atoms with van der Waals surface area (Å²) >= 11 is 0. The smallest absolute Gasteiger partial charge is 0.289 e. The van der Waals surface area contributed by atoms with Gasteiger partial charge in [-0.25, -0.2) is 9.37 Å². The van der Waals surface area contributed by atoms with Crippen molar-refractivity contribution in [1.29, 1.82) is 5.26 Å². The molecule has 1 fully saturated rings. The molecule has 0 amide bonds. The molecule has 4 rings (SSSR count). The lowest BCUT2D eigenvalue weighted by molar-refractivity contribution is 0.119. The molecule has 3 aromatic rings. The van der Waals surface area contributed by atoms with Crippen molar-refractivity contribution in [3.05, 3.63) is 69.6 Å². The molecule has 6 nitrogen and oxygen atoms in total. The average Bonchev–Trinajstić information content (AvgIpc) is 2.79. The van der Waals surface area contributed by atoms with Crippen LogP contribution in [0.4, 0.5) is 14.5 Å². The first-order valence-electron chi connectivity index (χ1n) is 10.9. The van der Waals surface area contributed by atoms with Gasteiger partial charge in [0.15, 0.2) is 0 Å². The van der Waals surface area contributed by atoms with Crippen LogP contribution in [0.5, 0.6) is 0 Å². The molecule has 0 spiro atoms. The Hall–Kier alpha value is -3.31. The van der Waals surface area contributed by atoms with Crippen LogP contribution in [0.15, 0.2) is 41.2 Å². The van der Waals surface area contributed by atoms with Crippen LogP contribution in [-0.2, 0) is 7.05 Å². The summed E-state index contributed by atoms with van der Waals surface area (Å²) in [5, 5.41) is 9.30. The maximum absolute atomic E-state index is 15.4. The predicted octanol–water partition coefficient (Wildman–Crippen LogP) is 3.74. The van der Waals surface area contributed by atoms with Gasteiger partial charge < -0.3 is 9.47 Å². The monoisotopic (exact) mass is 438 g/mol. The summed E-state index contributed by atoms with van der Waals surface area (Å²) in [4.78, 5) is 20.7. The van der Waals surface area contributed by atoms with Gasteiger partial charge in [0.05, 0.1) is 6.89 Å². The van der Waals surface area contributed by atoms with Gasteiger partial charge in [-0.3, -0.25) is 9.69 Å². The number of nitrogens with zero attached hydrogens (tertiary/aromatic N) is 5. The fourth-order valence-corrected chi connectivity index (χ4v) is 4.45. The van der Waals surface area contributed by atoms with Crippen LogP contribution >= 0.6 is 0 Å². The molecule has 1 aliphatic heterocycles. The van der Waals surface area contributed by atoms with Gasteiger partial charge in [0, 0.05) is 38.2 Å². The minimum atomic E-state index is -1.13. The molecule has 1 unspecified atom stereocenters. The summed E-state index contributed by atoms with van der Waals surface area (Å²) in [6, 6.07) is 9.38. The van der Waals surface area contributed by atoms with Crippen LogP contribution in [0.2, 0.25) is 0 Å². The third-order valence-electron chi connectivity index (χ3n) is 6.24. The first-order valence-corrected chi connectivity index (χ1v) is 10.4. The molecule has 0 N–H and O–H groups in total. The molecular formula is C24H25F2N5O. The van der Waals surface area contributed by atoms with Crippen molar-refractivity contribution in [2.75, 3.05) is 18.0 Å². The number of anilines is 1. The van der Waals surface area contributed by atoms with Crippen LogP contribution in [0.25, 0.3) is 11.0 Å². The van der Waals surface area contributed by atoms with E-state index in [0.29, 0.717) is 24.2 Å². The molecule has 1 aliphatic rings. The Kier molecular flexibility index (Phi) is 5.35. The second kappa shape index (κ2) is 8.32. The van der Waals surface area contributed by atoms with Gasteiger partial charge in [-0.2, -0.15) is 9.65 Å². The Labute approximate surface area is 186 Å². The van der Waals surface area contributed by atoms with Crippen molar-refractivity contribution in [3.63, 3.8) is 0 Å². The fraction of sp³-hybridized carbons (Fsp3) is 0.375. The van der Waals surface area contributed by atoms with Crippen molar-refractivity contribution >= 4 is 16.7 Å². The largest absolute Gasteiger partial charge is 0.362 e. The van der Waals surface area contributed by atoms with E-state index in [1.807, 2.05) is 24.8 Å². The van der Waals surface area contributed by atoms with Crippen LogP contribution in [0, 0.1) is 23.0 Å². The highest BCUT2D eigenvalue weighted by molar-refractivity contribution is 5.89. The van der Waals surface area contributed by atoms with Crippen molar-refractivity contribution in [2.45, 2.75) is 38.9 Å². The average molecular weight is 439 g/mol. The Balaban J connectivity index is 1.77. The minimum Gasteiger partial charge on any atom is -0.362 e. The summed E-state index contributed by atoms with van der Waals surface area (Å²) in [7, 11) is 1.48. The van der Waals surface area contributed by atoms with E-state index in [2.05, 4.69) is 4.98 Å². The van der Waals surface area contributed by atoms with Crippen LogP contribution in [-0.4, -0.2) is 39.6 Å². The number of nitriles is 1. The number of piperazine rings is 1. The number of hydrogen-bond donors (Lipinski definition) is 0. The van der Waals surface area contributed by atoms with Gasteiger partial charge in [-0.1, -0.05) is 12.1 Å². The lowest BCUT2D eigenvalue weighted by atomic mass is 10.00. The molecule has 32 heavy (non-hydrogen) atoms. The van der Waals surface area contributed by atoms with Gasteiger partial charge in [0.1, 0.15) is 28.8 Å². The third kappa shape index (κ3) is 3.63. The second-order valence-corrected chi connectivity index (χ2v) is 8.30. The zero-order chi connectivity index (χ0) is 24.1. The number of halogens is 2. The number of aryl methyl sites for hydroxylation is 1. The summed E-state index contributed by atoms with van der Waals surface area (Å²) < 4.78 is 39.0. The number of pyridine rings is 2. The van der Waals surface area contributed by atoms with Crippen molar-refractivity contribution in [3.8, 4) is 6.07 Å². The minimum absolute atomic E-state index is 0.0812. The van der Waals surface area contributed by atoms with E-state index in [0.717, 1.165) is 0 Å². The molecule has 0 aliphatic carbocycles. The molecule has 3 atom stereocenters. The van der Waals surface area contributed by atoms with E-state index in [9.17, 15) is 14.4 Å². The SMILES string of the molecule is [2H]C(C)(c1ccc(F)cc1)N1C[C@H](C)N(c2c(F)c(=O)n(C)c3ccc(C#N)nc23)C[C@H]1C. The van der Waals surface area contributed by atoms with Gasteiger partial charge in [0.2, 0.25) is 5.82 Å². The second-order valence-electron chi connectivity index (χ2n) is 8.30. The van der Waals surface area contributed by atoms with Gasteiger partial charge in [-0.15, -0.1) is 0 Å². The van der Waals surface area contributed by atoms with E-state index in [4.69, 9.17) is 1.37 Å². The maximum Gasteiger partial charge on any atom is 0.289 e. The predicted molar refractivity (Wildman–Crippen MR) is 119 cm³/mol. The highest BCUT2D eigenvalue weighted by Gasteiger charge is 2.35. The first kappa shape index (κ1) is 20.6. The Morgan fingerprint density at radius 1 is 1.16 bits per heavy atom. The summed E-state index contributed by atoms with van der Waals surface area (Å²) in [6.07, 6.45) is 0. The molecule has 2 aromatic heterocycles. The van der Waals surface area contributed by atoms with Gasteiger partial charge >= 0.3 is 0 Å². The maximum atomic E-state index is 15.4. The van der Waals surface area contributed by atoms with E-state index >= 15 is 4.39 Å². The van der Waals surface area contributed by atoms with Crippen LogP contribution in [0.1, 0.15) is 39.4 Å². The molecule has 1 saturated heterocycles. The number of fused-ring (bicyclic) bond motifs is 1. The molecule has 166 valence electrons.